The fraction of sp³-hybridized carbons (Fsp3) is 0.389. The SMILES string of the molecule is O=C(NCCc1cscn1)C1CCC(=O)N(Cc2ccc(Cl)cc2)C1. The first kappa shape index (κ1) is 17.9. The smallest absolute Gasteiger partial charge is 0.224 e. The lowest BCUT2D eigenvalue weighted by Crippen LogP contribution is -2.45. The zero-order valence-electron chi connectivity index (χ0n) is 13.8. The maximum absolute atomic E-state index is 12.4. The number of carbonyl (C=O) groups excluding carboxylic acids is 2. The molecule has 1 aromatic carbocycles. The fourth-order valence-electron chi connectivity index (χ4n) is 2.91. The molecular weight excluding hydrogens is 358 g/mol. The number of halogens is 1. The van der Waals surface area contributed by atoms with Crippen molar-refractivity contribution < 1.29 is 9.59 Å². The Kier molecular flexibility index (Phi) is 6.04. The molecule has 0 bridgehead atoms. The van der Waals surface area contributed by atoms with Crippen molar-refractivity contribution in [2.45, 2.75) is 25.8 Å². The van der Waals surface area contributed by atoms with Gasteiger partial charge in [-0.3, -0.25) is 9.59 Å². The second-order valence-electron chi connectivity index (χ2n) is 6.16. The van der Waals surface area contributed by atoms with Crippen LogP contribution < -0.4 is 5.32 Å². The number of piperidine rings is 1. The second-order valence-corrected chi connectivity index (χ2v) is 7.31. The number of hydrogen-bond donors (Lipinski definition) is 1. The summed E-state index contributed by atoms with van der Waals surface area (Å²) in [6.07, 6.45) is 1.76. The third-order valence-corrected chi connectivity index (χ3v) is 5.21. The molecule has 132 valence electrons. The predicted molar refractivity (Wildman–Crippen MR) is 98.4 cm³/mol. The van der Waals surface area contributed by atoms with Gasteiger partial charge in [-0.1, -0.05) is 23.7 Å². The van der Waals surface area contributed by atoms with Gasteiger partial charge in [0, 0.05) is 42.9 Å². The largest absolute Gasteiger partial charge is 0.355 e. The summed E-state index contributed by atoms with van der Waals surface area (Å²) in [4.78, 5) is 30.5. The molecule has 2 heterocycles. The molecule has 1 atom stereocenters. The first-order chi connectivity index (χ1) is 12.1. The minimum atomic E-state index is -0.152. The molecule has 1 unspecified atom stereocenters. The Morgan fingerprint density at radius 1 is 1.36 bits per heavy atom. The molecule has 0 saturated carbocycles. The van der Waals surface area contributed by atoms with Crippen LogP contribution in [0.25, 0.3) is 0 Å². The first-order valence-corrected chi connectivity index (χ1v) is 9.61. The maximum atomic E-state index is 12.4. The molecule has 0 radical (unpaired) electrons. The van der Waals surface area contributed by atoms with Gasteiger partial charge in [0.05, 0.1) is 17.1 Å². The van der Waals surface area contributed by atoms with Gasteiger partial charge in [-0.15, -0.1) is 11.3 Å². The van der Waals surface area contributed by atoms with Crippen LogP contribution in [0.2, 0.25) is 5.02 Å². The van der Waals surface area contributed by atoms with Crippen LogP contribution in [-0.4, -0.2) is 34.8 Å². The molecule has 0 aliphatic carbocycles. The average Bonchev–Trinajstić information content (AvgIpc) is 3.12. The number of hydrogen-bond acceptors (Lipinski definition) is 4. The van der Waals surface area contributed by atoms with Gasteiger partial charge >= 0.3 is 0 Å². The summed E-state index contributed by atoms with van der Waals surface area (Å²) in [5.74, 6) is -0.0363. The highest BCUT2D eigenvalue weighted by Gasteiger charge is 2.30. The van der Waals surface area contributed by atoms with Gasteiger partial charge in [0.25, 0.3) is 0 Å². The van der Waals surface area contributed by atoms with Crippen LogP contribution in [0.4, 0.5) is 0 Å². The minimum absolute atomic E-state index is 0.0174. The van der Waals surface area contributed by atoms with Crippen molar-refractivity contribution in [2.75, 3.05) is 13.1 Å². The Morgan fingerprint density at radius 2 is 2.16 bits per heavy atom. The zero-order valence-corrected chi connectivity index (χ0v) is 15.4. The molecule has 1 N–H and O–H groups in total. The van der Waals surface area contributed by atoms with Crippen molar-refractivity contribution in [2.24, 2.45) is 5.92 Å². The van der Waals surface area contributed by atoms with Gasteiger partial charge in [-0.2, -0.15) is 0 Å². The number of likely N-dealkylation sites (tertiary alicyclic amines) is 1. The molecule has 25 heavy (non-hydrogen) atoms. The number of nitrogens with zero attached hydrogens (tertiary/aromatic N) is 2. The predicted octanol–water partition coefficient (Wildman–Crippen LogP) is 2.89. The third kappa shape index (κ3) is 5.03. The molecule has 1 saturated heterocycles. The quantitative estimate of drug-likeness (QED) is 0.841. The summed E-state index contributed by atoms with van der Waals surface area (Å²) < 4.78 is 0. The van der Waals surface area contributed by atoms with Crippen LogP contribution in [-0.2, 0) is 22.6 Å². The van der Waals surface area contributed by atoms with Crippen LogP contribution in [0.15, 0.2) is 35.2 Å². The molecule has 2 aromatic rings. The normalized spacial score (nSPS) is 17.6. The summed E-state index contributed by atoms with van der Waals surface area (Å²) in [5.41, 5.74) is 3.80. The van der Waals surface area contributed by atoms with Crippen LogP contribution in [0, 0.1) is 5.92 Å². The molecule has 1 fully saturated rings. The number of aromatic nitrogens is 1. The van der Waals surface area contributed by atoms with Gasteiger partial charge in [0.2, 0.25) is 11.8 Å². The van der Waals surface area contributed by atoms with Crippen molar-refractivity contribution in [1.82, 2.24) is 15.2 Å². The van der Waals surface area contributed by atoms with Crippen molar-refractivity contribution >= 4 is 34.8 Å². The number of thiazole rings is 1. The molecule has 1 aromatic heterocycles. The van der Waals surface area contributed by atoms with E-state index in [-0.39, 0.29) is 17.7 Å². The number of nitrogens with one attached hydrogen (secondary N) is 1. The molecule has 5 nitrogen and oxygen atoms in total. The lowest BCUT2D eigenvalue weighted by Gasteiger charge is -2.32. The van der Waals surface area contributed by atoms with Crippen LogP contribution >= 0.6 is 22.9 Å². The van der Waals surface area contributed by atoms with E-state index in [1.54, 1.807) is 21.7 Å². The lowest BCUT2D eigenvalue weighted by atomic mass is 9.96. The van der Waals surface area contributed by atoms with Crippen LogP contribution in [0.1, 0.15) is 24.1 Å². The minimum Gasteiger partial charge on any atom is -0.355 e. The molecule has 0 spiro atoms. The van der Waals surface area contributed by atoms with E-state index in [1.807, 2.05) is 29.6 Å². The van der Waals surface area contributed by atoms with Gasteiger partial charge in [-0.05, 0) is 24.1 Å². The summed E-state index contributed by atoms with van der Waals surface area (Å²) >= 11 is 7.45. The number of carbonyl (C=O) groups is 2. The van der Waals surface area contributed by atoms with Crippen molar-refractivity contribution in [3.05, 3.63) is 51.4 Å². The van der Waals surface area contributed by atoms with E-state index in [1.165, 1.54) is 0 Å². The van der Waals surface area contributed by atoms with Crippen LogP contribution in [0.5, 0.6) is 0 Å². The highest BCUT2D eigenvalue weighted by molar-refractivity contribution is 7.07. The van der Waals surface area contributed by atoms with Gasteiger partial charge in [0.1, 0.15) is 0 Å². The van der Waals surface area contributed by atoms with E-state index in [0.717, 1.165) is 17.7 Å². The maximum Gasteiger partial charge on any atom is 0.224 e. The highest BCUT2D eigenvalue weighted by atomic mass is 35.5. The van der Waals surface area contributed by atoms with E-state index in [4.69, 9.17) is 11.6 Å². The average molecular weight is 378 g/mol. The molecule has 1 aliphatic rings. The summed E-state index contributed by atoms with van der Waals surface area (Å²) in [7, 11) is 0. The van der Waals surface area contributed by atoms with Crippen molar-refractivity contribution in [3.63, 3.8) is 0 Å². The Hall–Kier alpha value is -1.92. The lowest BCUT2D eigenvalue weighted by molar-refractivity contribution is -0.138. The Bertz CT molecular complexity index is 718. The van der Waals surface area contributed by atoms with Crippen molar-refractivity contribution in [3.8, 4) is 0 Å². The zero-order chi connectivity index (χ0) is 17.6. The second kappa shape index (κ2) is 8.45. The molecule has 7 heteroatoms. The van der Waals surface area contributed by atoms with Crippen LogP contribution in [0.3, 0.4) is 0 Å². The summed E-state index contributed by atoms with van der Waals surface area (Å²) in [6, 6.07) is 7.45. The van der Waals surface area contributed by atoms with E-state index >= 15 is 0 Å². The van der Waals surface area contributed by atoms with Crippen molar-refractivity contribution in [1.29, 1.82) is 0 Å². The van der Waals surface area contributed by atoms with E-state index in [2.05, 4.69) is 10.3 Å². The van der Waals surface area contributed by atoms with Gasteiger partial charge in [0.15, 0.2) is 0 Å². The van der Waals surface area contributed by atoms with E-state index < -0.39 is 0 Å². The van der Waals surface area contributed by atoms with Gasteiger partial charge in [-0.25, -0.2) is 4.98 Å². The van der Waals surface area contributed by atoms with E-state index in [9.17, 15) is 9.59 Å². The molecule has 3 rings (SSSR count). The number of amides is 2. The molecule has 2 amide bonds. The Morgan fingerprint density at radius 3 is 2.88 bits per heavy atom. The number of rotatable bonds is 6. The number of benzene rings is 1. The topological polar surface area (TPSA) is 62.3 Å². The standard InChI is InChI=1S/C18H20ClN3O2S/c19-15-4-1-13(2-5-15)9-22-10-14(3-6-17(22)23)18(24)20-8-7-16-11-25-12-21-16/h1-2,4-5,11-12,14H,3,6-10H2,(H,20,24). The monoisotopic (exact) mass is 377 g/mol. The highest BCUT2D eigenvalue weighted by Crippen LogP contribution is 2.20. The first-order valence-electron chi connectivity index (χ1n) is 8.29. The Balaban J connectivity index is 1.51. The third-order valence-electron chi connectivity index (χ3n) is 4.32. The summed E-state index contributed by atoms with van der Waals surface area (Å²) in [5, 5.41) is 5.63. The van der Waals surface area contributed by atoms with Gasteiger partial charge < -0.3 is 10.2 Å². The summed E-state index contributed by atoms with van der Waals surface area (Å²) in [6.45, 7) is 1.55. The van der Waals surface area contributed by atoms with E-state index in [0.29, 0.717) is 37.5 Å². The fourth-order valence-corrected chi connectivity index (χ4v) is 3.63. The molecular formula is C18H20ClN3O2S. The Labute approximate surface area is 156 Å². The molecule has 1 aliphatic heterocycles.